The minimum Gasteiger partial charge on any atom is -0.477 e. The summed E-state index contributed by atoms with van der Waals surface area (Å²) in [4.78, 5) is 13.0. The normalized spacial score (nSPS) is 10.9. The van der Waals surface area contributed by atoms with E-state index in [0.29, 0.717) is 5.69 Å². The van der Waals surface area contributed by atoms with Gasteiger partial charge in [0.15, 0.2) is 0 Å². The fourth-order valence-electron chi connectivity index (χ4n) is 1.42. The van der Waals surface area contributed by atoms with Crippen LogP contribution in [0.2, 0.25) is 0 Å². The number of likely N-dealkylation sites (N-methyl/N-ethyl adjacent to an activating group) is 1. The van der Waals surface area contributed by atoms with E-state index in [1.165, 1.54) is 0 Å². The SMILES string of the molecule is CN(C)CCc1ccn(C)c1C(=O)O. The predicted molar refractivity (Wildman–Crippen MR) is 54.6 cm³/mol. The monoisotopic (exact) mass is 196 g/mol. The van der Waals surface area contributed by atoms with Crippen LogP contribution >= 0.6 is 0 Å². The number of hydrogen-bond donors (Lipinski definition) is 1. The number of carboxylic acids is 1. The van der Waals surface area contributed by atoms with Crippen molar-refractivity contribution in [3.8, 4) is 0 Å². The Hall–Kier alpha value is -1.29. The molecule has 4 nitrogen and oxygen atoms in total. The highest BCUT2D eigenvalue weighted by molar-refractivity contribution is 5.87. The second-order valence-corrected chi connectivity index (χ2v) is 3.66. The van der Waals surface area contributed by atoms with Gasteiger partial charge in [0, 0.05) is 19.8 Å². The van der Waals surface area contributed by atoms with Gasteiger partial charge in [0.1, 0.15) is 5.69 Å². The maximum Gasteiger partial charge on any atom is 0.352 e. The highest BCUT2D eigenvalue weighted by Gasteiger charge is 2.13. The van der Waals surface area contributed by atoms with Gasteiger partial charge in [-0.05, 0) is 32.1 Å². The quantitative estimate of drug-likeness (QED) is 0.775. The smallest absolute Gasteiger partial charge is 0.352 e. The lowest BCUT2D eigenvalue weighted by atomic mass is 10.1. The molecule has 1 N–H and O–H groups in total. The van der Waals surface area contributed by atoms with Crippen LogP contribution in [-0.2, 0) is 13.5 Å². The summed E-state index contributed by atoms with van der Waals surface area (Å²) in [5, 5.41) is 8.97. The molecule has 4 heteroatoms. The Balaban J connectivity index is 2.81. The van der Waals surface area contributed by atoms with Crippen molar-refractivity contribution in [2.24, 2.45) is 7.05 Å². The van der Waals surface area contributed by atoms with E-state index in [0.717, 1.165) is 18.5 Å². The summed E-state index contributed by atoms with van der Waals surface area (Å²) in [6, 6.07) is 1.87. The van der Waals surface area contributed by atoms with Crippen LogP contribution in [0.3, 0.4) is 0 Å². The Labute approximate surface area is 83.8 Å². The molecule has 0 aromatic carbocycles. The van der Waals surface area contributed by atoms with Gasteiger partial charge in [0.2, 0.25) is 0 Å². The zero-order chi connectivity index (χ0) is 10.7. The third-order valence-electron chi connectivity index (χ3n) is 2.19. The first-order chi connectivity index (χ1) is 6.52. The van der Waals surface area contributed by atoms with Gasteiger partial charge in [-0.25, -0.2) is 4.79 Å². The van der Waals surface area contributed by atoms with E-state index in [1.54, 1.807) is 17.8 Å². The van der Waals surface area contributed by atoms with Crippen molar-refractivity contribution >= 4 is 5.97 Å². The zero-order valence-corrected chi connectivity index (χ0v) is 8.82. The number of aromatic carboxylic acids is 1. The van der Waals surface area contributed by atoms with E-state index >= 15 is 0 Å². The topological polar surface area (TPSA) is 45.5 Å². The van der Waals surface area contributed by atoms with Gasteiger partial charge in [0.05, 0.1) is 0 Å². The Morgan fingerprint density at radius 3 is 2.71 bits per heavy atom. The predicted octanol–water partition coefficient (Wildman–Crippen LogP) is 0.827. The molecular weight excluding hydrogens is 180 g/mol. The lowest BCUT2D eigenvalue weighted by Crippen LogP contribution is -2.16. The van der Waals surface area contributed by atoms with Crippen molar-refractivity contribution in [1.29, 1.82) is 0 Å². The molecule has 0 saturated carbocycles. The van der Waals surface area contributed by atoms with Crippen LogP contribution in [-0.4, -0.2) is 41.2 Å². The zero-order valence-electron chi connectivity index (χ0n) is 8.82. The average Bonchev–Trinajstić information content (AvgIpc) is 2.43. The second kappa shape index (κ2) is 4.28. The fourth-order valence-corrected chi connectivity index (χ4v) is 1.42. The minimum absolute atomic E-state index is 0.395. The van der Waals surface area contributed by atoms with Gasteiger partial charge in [-0.3, -0.25) is 0 Å². The summed E-state index contributed by atoms with van der Waals surface area (Å²) < 4.78 is 1.65. The van der Waals surface area contributed by atoms with E-state index in [2.05, 4.69) is 0 Å². The molecule has 1 aromatic heterocycles. The first-order valence-electron chi connectivity index (χ1n) is 4.54. The summed E-state index contributed by atoms with van der Waals surface area (Å²) in [6.07, 6.45) is 2.56. The van der Waals surface area contributed by atoms with E-state index in [9.17, 15) is 4.79 Å². The summed E-state index contributed by atoms with van der Waals surface area (Å²) in [5.74, 6) is -0.855. The highest BCUT2D eigenvalue weighted by atomic mass is 16.4. The van der Waals surface area contributed by atoms with Crippen LogP contribution in [0.1, 0.15) is 16.1 Å². The number of carbonyl (C=O) groups is 1. The van der Waals surface area contributed by atoms with E-state index in [1.807, 2.05) is 25.1 Å². The molecule has 0 spiro atoms. The number of aryl methyl sites for hydroxylation is 1. The molecule has 1 rings (SSSR count). The van der Waals surface area contributed by atoms with Crippen LogP contribution in [0.25, 0.3) is 0 Å². The largest absolute Gasteiger partial charge is 0.477 e. The first kappa shape index (κ1) is 10.8. The van der Waals surface area contributed by atoms with Gasteiger partial charge in [-0.1, -0.05) is 0 Å². The maximum absolute atomic E-state index is 10.9. The van der Waals surface area contributed by atoms with Gasteiger partial charge in [-0.2, -0.15) is 0 Å². The number of hydrogen-bond acceptors (Lipinski definition) is 2. The molecule has 0 aliphatic carbocycles. The van der Waals surface area contributed by atoms with Crippen LogP contribution in [0.15, 0.2) is 12.3 Å². The number of aromatic nitrogens is 1. The Kier molecular flexibility index (Phi) is 3.30. The molecule has 0 atom stereocenters. The van der Waals surface area contributed by atoms with Crippen molar-refractivity contribution in [2.45, 2.75) is 6.42 Å². The van der Waals surface area contributed by atoms with Gasteiger partial charge in [0.25, 0.3) is 0 Å². The van der Waals surface area contributed by atoms with Crippen molar-refractivity contribution in [1.82, 2.24) is 9.47 Å². The summed E-state index contributed by atoms with van der Waals surface area (Å²) in [5.41, 5.74) is 1.29. The summed E-state index contributed by atoms with van der Waals surface area (Å²) in [7, 11) is 5.70. The molecule has 0 unspecified atom stereocenters. The third-order valence-corrected chi connectivity index (χ3v) is 2.19. The molecule has 14 heavy (non-hydrogen) atoms. The number of nitrogens with zero attached hydrogens (tertiary/aromatic N) is 2. The summed E-state index contributed by atoms with van der Waals surface area (Å²) in [6.45, 7) is 0.865. The van der Waals surface area contributed by atoms with Crippen LogP contribution in [0.5, 0.6) is 0 Å². The minimum atomic E-state index is -0.855. The van der Waals surface area contributed by atoms with Crippen LogP contribution in [0, 0.1) is 0 Å². The molecule has 0 aliphatic rings. The van der Waals surface area contributed by atoms with Crippen LogP contribution in [0.4, 0.5) is 0 Å². The molecule has 1 heterocycles. The van der Waals surface area contributed by atoms with Gasteiger partial charge < -0.3 is 14.6 Å². The fraction of sp³-hybridized carbons (Fsp3) is 0.500. The van der Waals surface area contributed by atoms with Gasteiger partial charge in [-0.15, -0.1) is 0 Å². The standard InChI is InChI=1S/C10H16N2O2/c1-11(2)6-4-8-5-7-12(3)9(8)10(13)14/h5,7H,4,6H2,1-3H3,(H,13,14). The Bertz CT molecular complexity index is 329. The number of carboxylic acid groups (broad SMARTS) is 1. The van der Waals surface area contributed by atoms with Crippen molar-refractivity contribution in [2.75, 3.05) is 20.6 Å². The molecule has 0 radical (unpaired) electrons. The lowest BCUT2D eigenvalue weighted by Gasteiger charge is -2.09. The molecule has 0 saturated heterocycles. The molecular formula is C10H16N2O2. The Morgan fingerprint density at radius 1 is 1.57 bits per heavy atom. The average molecular weight is 196 g/mol. The van der Waals surface area contributed by atoms with E-state index in [4.69, 9.17) is 5.11 Å². The van der Waals surface area contributed by atoms with Crippen LogP contribution < -0.4 is 0 Å². The molecule has 0 aliphatic heterocycles. The molecule has 0 bridgehead atoms. The maximum atomic E-state index is 10.9. The van der Waals surface area contributed by atoms with Crippen molar-refractivity contribution < 1.29 is 9.90 Å². The van der Waals surface area contributed by atoms with Crippen molar-refractivity contribution in [3.05, 3.63) is 23.5 Å². The van der Waals surface area contributed by atoms with Gasteiger partial charge >= 0.3 is 5.97 Å². The molecule has 1 aromatic rings. The van der Waals surface area contributed by atoms with E-state index in [-0.39, 0.29) is 0 Å². The molecule has 78 valence electrons. The van der Waals surface area contributed by atoms with Crippen molar-refractivity contribution in [3.63, 3.8) is 0 Å². The lowest BCUT2D eigenvalue weighted by molar-refractivity contribution is 0.0685. The highest BCUT2D eigenvalue weighted by Crippen LogP contribution is 2.10. The second-order valence-electron chi connectivity index (χ2n) is 3.66. The third kappa shape index (κ3) is 2.35. The first-order valence-corrected chi connectivity index (χ1v) is 4.54. The number of rotatable bonds is 4. The molecule has 0 fully saturated rings. The van der Waals surface area contributed by atoms with E-state index < -0.39 is 5.97 Å². The molecule has 0 amide bonds. The summed E-state index contributed by atoms with van der Waals surface area (Å²) >= 11 is 0. The Morgan fingerprint density at radius 2 is 2.21 bits per heavy atom.